The average molecular weight is 2020 g/mol. The molecule has 21 aromatic carbocycles. The van der Waals surface area contributed by atoms with Gasteiger partial charge in [0.15, 0.2) is 17.5 Å². The van der Waals surface area contributed by atoms with Crippen molar-refractivity contribution in [3.8, 4) is 168 Å². The minimum atomic E-state index is 0.714. The molecule has 0 aliphatic carbocycles. The minimum Gasteiger partial charge on any atom is -0.228 e. The molecule has 6 nitrogen and oxygen atoms in total. The van der Waals surface area contributed by atoms with Gasteiger partial charge in [-0.05, 0) is 182 Å². The number of hydrogen-bond acceptors (Lipinski definition) is 12. The highest BCUT2D eigenvalue weighted by atomic mass is 32.1. The highest BCUT2D eigenvalue weighted by Gasteiger charge is 2.23. The van der Waals surface area contributed by atoms with Crippen LogP contribution in [-0.2, 0) is 0 Å². The Bertz CT molecular complexity index is 10100. The molecule has 0 bridgehead atoms. The number of fused-ring (bicyclic) bond motifs is 18. The summed E-state index contributed by atoms with van der Waals surface area (Å²) >= 11 is 11.0. The summed E-state index contributed by atoms with van der Waals surface area (Å²) in [6, 6.07) is 182. The summed E-state index contributed by atoms with van der Waals surface area (Å²) in [4.78, 5) is 31.4. The standard InChI is InChI=1S/3C46H28N2S2/c1-2-10-29(11-3-1)30-12-8-13-31(24-30)32-14-9-15-35(25-32)46-47-40(33-20-22-38-36-16-4-6-18-42(36)49-44(38)26-33)28-41(48-46)34-21-23-39-37-17-5-7-19-43(37)50-45(39)27-34;1-2-9-29(10-3-1)32-11-8-12-33(25-32)30-17-19-31(20-18-30)46-47-40(34-21-23-38-36-13-4-6-15-42(36)49-44(38)26-34)28-41(48-46)35-22-24-39-37-14-5-7-16-43(37)50-45(39)27-35;1-2-9-29(10-3-1)30-17-19-31(20-18-30)32-11-8-12-35(25-32)46-47-40(33-21-23-38-36-13-4-6-15-42(36)49-44(38)26-33)28-41(48-46)34-22-24-39-37-14-5-7-16-43(37)50-45(39)27-34/h3*1-28H. The number of rotatable bonds is 15. The molecular weight excluding hydrogens is 1930 g/mol. The van der Waals surface area contributed by atoms with Crippen LogP contribution in [0.25, 0.3) is 290 Å². The van der Waals surface area contributed by atoms with Crippen LogP contribution in [0.4, 0.5) is 0 Å². The van der Waals surface area contributed by atoms with Crippen molar-refractivity contribution in [3.63, 3.8) is 0 Å². The van der Waals surface area contributed by atoms with E-state index in [1.807, 2.05) is 68.0 Å². The van der Waals surface area contributed by atoms with Gasteiger partial charge in [-0.25, -0.2) is 29.9 Å². The first-order valence-corrected chi connectivity index (χ1v) is 55.1. The van der Waals surface area contributed by atoms with Crippen molar-refractivity contribution in [3.05, 3.63) is 510 Å². The molecule has 30 rings (SSSR count). The lowest BCUT2D eigenvalue weighted by atomic mass is 9.98. The quantitative estimate of drug-likeness (QED) is 0.102. The monoisotopic (exact) mass is 2020 g/mol. The van der Waals surface area contributed by atoms with Gasteiger partial charge in [-0.2, -0.15) is 0 Å². The van der Waals surface area contributed by atoms with E-state index < -0.39 is 0 Å². The number of hydrogen-bond donors (Lipinski definition) is 0. The van der Waals surface area contributed by atoms with Gasteiger partial charge in [-0.1, -0.05) is 394 Å². The lowest BCUT2D eigenvalue weighted by molar-refractivity contribution is 1.18. The molecule has 0 radical (unpaired) electrons. The van der Waals surface area contributed by atoms with Crippen LogP contribution in [0.1, 0.15) is 0 Å². The van der Waals surface area contributed by atoms with E-state index in [1.165, 1.54) is 160 Å². The van der Waals surface area contributed by atoms with Crippen LogP contribution in [0.3, 0.4) is 0 Å². The van der Waals surface area contributed by atoms with Crippen LogP contribution in [0.15, 0.2) is 510 Å². The van der Waals surface area contributed by atoms with Crippen LogP contribution in [0, 0.1) is 0 Å². The highest BCUT2D eigenvalue weighted by Crippen LogP contribution is 2.47. The fourth-order valence-corrected chi connectivity index (χ4v) is 27.8. The van der Waals surface area contributed by atoms with E-state index in [9.17, 15) is 0 Å². The molecule has 12 heteroatoms. The van der Waals surface area contributed by atoms with Gasteiger partial charge in [0.05, 0.1) is 34.2 Å². The molecule has 0 aliphatic heterocycles. The van der Waals surface area contributed by atoms with Crippen LogP contribution < -0.4 is 0 Å². The second-order valence-corrected chi connectivity index (χ2v) is 44.3. The molecule has 0 unspecified atom stereocenters. The van der Waals surface area contributed by atoms with Gasteiger partial charge in [-0.15, -0.1) is 68.0 Å². The number of benzene rings is 21. The molecular formula is C138H84N6S6. The van der Waals surface area contributed by atoms with Crippen molar-refractivity contribution in [1.82, 2.24) is 29.9 Å². The third-order valence-electron chi connectivity index (χ3n) is 28.5. The molecule has 0 saturated heterocycles. The molecule has 30 aromatic rings. The topological polar surface area (TPSA) is 77.3 Å². The number of thiophene rings is 6. The first kappa shape index (κ1) is 89.8. The summed E-state index contributed by atoms with van der Waals surface area (Å²) in [6.45, 7) is 0. The molecule has 0 N–H and O–H groups in total. The first-order chi connectivity index (χ1) is 74.2. The zero-order chi connectivity index (χ0) is 99.1. The Balaban J connectivity index is 0.000000108. The molecule has 9 heterocycles. The van der Waals surface area contributed by atoms with E-state index in [1.54, 1.807) is 0 Å². The fourth-order valence-electron chi connectivity index (χ4n) is 20.9. The molecule has 702 valence electrons. The maximum Gasteiger partial charge on any atom is 0.160 e. The summed E-state index contributed by atoms with van der Waals surface area (Å²) in [5.74, 6) is 2.15. The highest BCUT2D eigenvalue weighted by molar-refractivity contribution is 7.28. The van der Waals surface area contributed by atoms with Gasteiger partial charge in [0, 0.05) is 171 Å². The molecule has 0 spiro atoms. The Morgan fingerprint density at radius 2 is 0.247 bits per heavy atom. The van der Waals surface area contributed by atoms with Crippen molar-refractivity contribution in [1.29, 1.82) is 0 Å². The van der Waals surface area contributed by atoms with Gasteiger partial charge >= 0.3 is 0 Å². The van der Waals surface area contributed by atoms with Gasteiger partial charge in [0.25, 0.3) is 0 Å². The van der Waals surface area contributed by atoms with Crippen LogP contribution in [-0.4, -0.2) is 29.9 Å². The number of nitrogens with zero attached hydrogens (tertiary/aromatic N) is 6. The molecule has 0 amide bonds. The van der Waals surface area contributed by atoms with E-state index in [0.29, 0.717) is 11.6 Å². The largest absolute Gasteiger partial charge is 0.228 e. The smallest absolute Gasteiger partial charge is 0.160 e. The SMILES string of the molecule is c1ccc(-c2ccc(-c3cccc(-c4nc(-c5ccc6c(c5)sc5ccccc56)cc(-c5ccc6c(c5)sc5ccccc56)n4)c3)cc2)cc1.c1ccc(-c2cccc(-c3ccc(-c4nc(-c5ccc6c(c5)sc5ccccc56)cc(-c5ccc6c(c5)sc5ccccc56)n4)cc3)c2)cc1.c1ccc(-c2cccc(-c3cccc(-c4nc(-c5ccc6c(c5)sc5ccccc56)cc(-c5ccc6c(c5)sc5ccccc56)n4)c3)c2)cc1. The second kappa shape index (κ2) is 38.5. The molecule has 0 atom stereocenters. The average Bonchev–Trinajstić information content (AvgIpc) is 1.56. The molecule has 0 fully saturated rings. The van der Waals surface area contributed by atoms with Gasteiger partial charge in [-0.3, -0.25) is 0 Å². The predicted octanol–water partition coefficient (Wildman–Crippen LogP) is 40.6. The van der Waals surface area contributed by atoms with Gasteiger partial charge < -0.3 is 0 Å². The zero-order valence-corrected chi connectivity index (χ0v) is 85.5. The summed E-state index contributed by atoms with van der Waals surface area (Å²) in [6.07, 6.45) is 0. The van der Waals surface area contributed by atoms with Crippen LogP contribution in [0.2, 0.25) is 0 Å². The van der Waals surface area contributed by atoms with Gasteiger partial charge in [0.2, 0.25) is 0 Å². The second-order valence-electron chi connectivity index (χ2n) is 37.8. The molecule has 150 heavy (non-hydrogen) atoms. The third-order valence-corrected chi connectivity index (χ3v) is 35.3. The summed E-state index contributed by atoms with van der Waals surface area (Å²) in [5, 5.41) is 15.5. The van der Waals surface area contributed by atoms with E-state index in [-0.39, 0.29) is 0 Å². The minimum absolute atomic E-state index is 0.714. The van der Waals surface area contributed by atoms with E-state index >= 15 is 0 Å². The third kappa shape index (κ3) is 17.3. The fraction of sp³-hybridized carbons (Fsp3) is 0. The maximum absolute atomic E-state index is 5.25. The van der Waals surface area contributed by atoms with Crippen LogP contribution >= 0.6 is 68.0 Å². The first-order valence-electron chi connectivity index (χ1n) is 50.2. The normalized spacial score (nSPS) is 11.6. The van der Waals surface area contributed by atoms with E-state index in [2.05, 4.69) is 510 Å². The van der Waals surface area contributed by atoms with Crippen molar-refractivity contribution in [2.75, 3.05) is 0 Å². The summed E-state index contributed by atoms with van der Waals surface area (Å²) in [7, 11) is 0. The molecule has 0 aliphatic rings. The Hall–Kier alpha value is -17.8. The summed E-state index contributed by atoms with van der Waals surface area (Å²) in [5.41, 5.74) is 29.2. The Morgan fingerprint density at radius 1 is 0.0933 bits per heavy atom. The lowest BCUT2D eigenvalue weighted by Crippen LogP contribution is -1.96. The van der Waals surface area contributed by atoms with Crippen molar-refractivity contribution < 1.29 is 0 Å². The Labute approximate surface area is 889 Å². The van der Waals surface area contributed by atoms with E-state index in [0.717, 1.165) is 118 Å². The lowest BCUT2D eigenvalue weighted by Gasteiger charge is -2.11. The van der Waals surface area contributed by atoms with Crippen LogP contribution in [0.5, 0.6) is 0 Å². The van der Waals surface area contributed by atoms with Crippen molar-refractivity contribution in [2.45, 2.75) is 0 Å². The van der Waals surface area contributed by atoms with E-state index in [4.69, 9.17) is 29.9 Å². The van der Waals surface area contributed by atoms with Crippen molar-refractivity contribution >= 4 is 189 Å². The number of aromatic nitrogens is 6. The molecule has 0 saturated carbocycles. The Morgan fingerprint density at radius 3 is 0.487 bits per heavy atom. The zero-order valence-electron chi connectivity index (χ0n) is 80.6. The van der Waals surface area contributed by atoms with Crippen molar-refractivity contribution in [2.24, 2.45) is 0 Å². The molecule has 9 aromatic heterocycles. The summed E-state index contributed by atoms with van der Waals surface area (Å²) < 4.78 is 15.4. The predicted molar refractivity (Wildman–Crippen MR) is 645 cm³/mol. The Kier molecular flexibility index (Phi) is 23.1. The van der Waals surface area contributed by atoms with Gasteiger partial charge in [0.1, 0.15) is 0 Å². The maximum atomic E-state index is 5.25.